The summed E-state index contributed by atoms with van der Waals surface area (Å²) in [5.41, 5.74) is 0. The molecule has 1 saturated heterocycles. The van der Waals surface area contributed by atoms with Gasteiger partial charge in [-0.3, -0.25) is 4.79 Å². The van der Waals surface area contributed by atoms with Crippen molar-refractivity contribution >= 4 is 31.7 Å². The van der Waals surface area contributed by atoms with Gasteiger partial charge in [-0.1, -0.05) is 13.3 Å². The van der Waals surface area contributed by atoms with Gasteiger partial charge in [0.15, 0.2) is 16.4 Å². The Hall–Kier alpha value is -1.92. The summed E-state index contributed by atoms with van der Waals surface area (Å²) in [6.45, 7) is 1.70. The number of hydrogen-bond acceptors (Lipinski definition) is 8. The van der Waals surface area contributed by atoms with E-state index >= 15 is 0 Å². The van der Waals surface area contributed by atoms with Crippen molar-refractivity contribution < 1.29 is 35.6 Å². The Balaban J connectivity index is 2.00. The Labute approximate surface area is 157 Å². The fourth-order valence-electron chi connectivity index (χ4n) is 2.72. The lowest BCUT2D eigenvalue weighted by Gasteiger charge is -2.28. The van der Waals surface area contributed by atoms with Crippen molar-refractivity contribution in [2.75, 3.05) is 24.7 Å². The van der Waals surface area contributed by atoms with E-state index in [-0.39, 0.29) is 11.5 Å². The molecule has 1 fully saturated rings. The minimum atomic E-state index is -4.10. The molecule has 0 aliphatic carbocycles. The molecule has 0 bridgehead atoms. The summed E-state index contributed by atoms with van der Waals surface area (Å²) in [7, 11) is -7.27. The molecule has 1 atom stereocenters. The largest absolute Gasteiger partial charge is 0.450 e. The van der Waals surface area contributed by atoms with E-state index in [2.05, 4.69) is 0 Å². The summed E-state index contributed by atoms with van der Waals surface area (Å²) in [6, 6.07) is 1.64. The first kappa shape index (κ1) is 21.4. The van der Waals surface area contributed by atoms with Gasteiger partial charge < -0.3 is 14.1 Å². The number of ether oxygens (including phenoxy) is 1. The first-order chi connectivity index (χ1) is 12.5. The van der Waals surface area contributed by atoms with Gasteiger partial charge in [-0.2, -0.15) is 0 Å². The highest BCUT2D eigenvalue weighted by atomic mass is 32.2. The molecule has 1 aliphatic rings. The van der Waals surface area contributed by atoms with Crippen LogP contribution in [0.15, 0.2) is 21.6 Å². The van der Waals surface area contributed by atoms with Gasteiger partial charge >= 0.3 is 5.97 Å². The van der Waals surface area contributed by atoms with Crippen LogP contribution in [0, 0.1) is 0 Å². The van der Waals surface area contributed by atoms with Crippen molar-refractivity contribution in [1.82, 2.24) is 4.90 Å². The Kier molecular flexibility index (Phi) is 6.65. The maximum atomic E-state index is 12.5. The highest BCUT2D eigenvalue weighted by Gasteiger charge is 2.34. The molecule has 0 spiro atoms. The second kappa shape index (κ2) is 8.40. The minimum Gasteiger partial charge on any atom is -0.450 e. The average Bonchev–Trinajstić information content (AvgIpc) is 3.19. The van der Waals surface area contributed by atoms with Crippen LogP contribution in [0.1, 0.15) is 36.7 Å². The predicted molar refractivity (Wildman–Crippen MR) is 94.0 cm³/mol. The van der Waals surface area contributed by atoms with E-state index in [9.17, 15) is 26.4 Å². The molecule has 1 aliphatic heterocycles. The third-order valence-corrected chi connectivity index (χ3v) is 6.64. The minimum absolute atomic E-state index is 0.0239. The van der Waals surface area contributed by atoms with Crippen LogP contribution in [0.2, 0.25) is 0 Å². The zero-order valence-electron chi connectivity index (χ0n) is 14.8. The fourth-order valence-corrected chi connectivity index (χ4v) is 4.92. The van der Waals surface area contributed by atoms with Crippen LogP contribution in [-0.4, -0.2) is 64.3 Å². The number of nitrogens with zero attached hydrogens (tertiary/aromatic N) is 1. The number of sulfone groups is 1. The molecule has 10 nitrogen and oxygen atoms in total. The van der Waals surface area contributed by atoms with Crippen molar-refractivity contribution in [2.45, 2.75) is 37.3 Å². The number of unbranched alkanes of at least 4 members (excludes halogenated alkanes) is 1. The normalized spacial score (nSPS) is 19.0. The third kappa shape index (κ3) is 5.78. The van der Waals surface area contributed by atoms with Crippen LogP contribution in [0.3, 0.4) is 0 Å². The highest BCUT2D eigenvalue weighted by Crippen LogP contribution is 2.19. The van der Waals surface area contributed by atoms with Crippen molar-refractivity contribution in [3.8, 4) is 0 Å². The SMILES string of the molecule is CCCCN(C(=O)COC(=O)c1ccc(S(N)(=O)=O)o1)C1CCS(=O)(=O)C1. The molecule has 27 heavy (non-hydrogen) atoms. The van der Waals surface area contributed by atoms with Crippen LogP contribution in [0.5, 0.6) is 0 Å². The molecule has 2 N–H and O–H groups in total. The van der Waals surface area contributed by atoms with E-state index < -0.39 is 55.2 Å². The summed E-state index contributed by atoms with van der Waals surface area (Å²) in [4.78, 5) is 25.8. The fraction of sp³-hybridized carbons (Fsp3) is 0.600. The van der Waals surface area contributed by atoms with Crippen LogP contribution in [0.4, 0.5) is 0 Å². The lowest BCUT2D eigenvalue weighted by atomic mass is 10.2. The Bertz CT molecular complexity index is 904. The lowest BCUT2D eigenvalue weighted by molar-refractivity contribution is -0.136. The van der Waals surface area contributed by atoms with Crippen molar-refractivity contribution in [2.24, 2.45) is 5.14 Å². The van der Waals surface area contributed by atoms with Gasteiger partial charge in [0.25, 0.3) is 15.9 Å². The van der Waals surface area contributed by atoms with Crippen molar-refractivity contribution in [1.29, 1.82) is 0 Å². The number of nitrogens with two attached hydrogens (primary N) is 1. The molecule has 0 saturated carbocycles. The number of carbonyl (C=O) groups excluding carboxylic acids is 2. The van der Waals surface area contributed by atoms with E-state index in [1.165, 1.54) is 4.90 Å². The smallest absolute Gasteiger partial charge is 0.374 e. The zero-order valence-corrected chi connectivity index (χ0v) is 16.4. The number of furan rings is 1. The topological polar surface area (TPSA) is 154 Å². The summed E-state index contributed by atoms with van der Waals surface area (Å²) < 4.78 is 55.3. The quantitative estimate of drug-likeness (QED) is 0.570. The Morgan fingerprint density at radius 2 is 2.07 bits per heavy atom. The summed E-state index contributed by atoms with van der Waals surface area (Å²) in [5, 5.41) is 4.29. The van der Waals surface area contributed by atoms with Crippen molar-refractivity contribution in [3.05, 3.63) is 17.9 Å². The number of esters is 1. The molecule has 1 aromatic rings. The Morgan fingerprint density at radius 3 is 2.59 bits per heavy atom. The number of rotatable bonds is 8. The first-order valence-electron chi connectivity index (χ1n) is 8.33. The second-order valence-electron chi connectivity index (χ2n) is 6.24. The van der Waals surface area contributed by atoms with Crippen LogP contribution in [-0.2, 0) is 29.4 Å². The monoisotopic (exact) mass is 422 g/mol. The second-order valence-corrected chi connectivity index (χ2v) is 9.96. The number of primary sulfonamides is 1. The van der Waals surface area contributed by atoms with Gasteiger partial charge in [0, 0.05) is 12.6 Å². The molecule has 2 rings (SSSR count). The van der Waals surface area contributed by atoms with Gasteiger partial charge in [0.05, 0.1) is 11.5 Å². The standard InChI is InChI=1S/C15H22N2O8S2/c1-2-3-7-17(11-6-8-26(20,21)10-11)13(18)9-24-15(19)12-4-5-14(25-12)27(16,22)23/h4-5,11H,2-3,6-10H2,1H3,(H2,16,22,23). The van der Waals surface area contributed by atoms with Crippen LogP contribution >= 0.6 is 0 Å². The third-order valence-electron chi connectivity index (χ3n) is 4.11. The summed E-state index contributed by atoms with van der Waals surface area (Å²) >= 11 is 0. The van der Waals surface area contributed by atoms with E-state index in [1.807, 2.05) is 6.92 Å². The zero-order chi connectivity index (χ0) is 20.2. The average molecular weight is 422 g/mol. The van der Waals surface area contributed by atoms with Crippen LogP contribution < -0.4 is 5.14 Å². The maximum absolute atomic E-state index is 12.5. The van der Waals surface area contributed by atoms with E-state index in [1.54, 1.807) is 0 Å². The summed E-state index contributed by atoms with van der Waals surface area (Å²) in [5.74, 6) is -2.03. The molecular weight excluding hydrogens is 400 g/mol. The van der Waals surface area contributed by atoms with Gasteiger partial charge in [-0.25, -0.2) is 26.8 Å². The highest BCUT2D eigenvalue weighted by molar-refractivity contribution is 7.91. The molecule has 1 unspecified atom stereocenters. The molecule has 1 amide bonds. The van der Waals surface area contributed by atoms with E-state index in [4.69, 9.17) is 14.3 Å². The van der Waals surface area contributed by atoms with Gasteiger partial charge in [0.1, 0.15) is 0 Å². The van der Waals surface area contributed by atoms with Gasteiger partial charge in [-0.05, 0) is 25.0 Å². The molecule has 0 radical (unpaired) electrons. The lowest BCUT2D eigenvalue weighted by Crippen LogP contribution is -2.43. The summed E-state index contributed by atoms with van der Waals surface area (Å²) in [6.07, 6.45) is 1.85. The molecule has 2 heterocycles. The molecular formula is C15H22N2O8S2. The number of sulfonamides is 1. The van der Waals surface area contributed by atoms with E-state index in [0.717, 1.165) is 18.6 Å². The maximum Gasteiger partial charge on any atom is 0.374 e. The molecule has 12 heteroatoms. The number of amides is 1. The number of hydrogen-bond donors (Lipinski definition) is 1. The van der Waals surface area contributed by atoms with Gasteiger partial charge in [0.2, 0.25) is 10.9 Å². The molecule has 0 aromatic carbocycles. The molecule has 1 aromatic heterocycles. The molecule has 152 valence electrons. The van der Waals surface area contributed by atoms with E-state index in [0.29, 0.717) is 19.4 Å². The first-order valence-corrected chi connectivity index (χ1v) is 11.7. The Morgan fingerprint density at radius 1 is 1.37 bits per heavy atom. The van der Waals surface area contributed by atoms with Crippen LogP contribution in [0.25, 0.3) is 0 Å². The predicted octanol–water partition coefficient (Wildman–Crippen LogP) is -0.100. The van der Waals surface area contributed by atoms with Crippen molar-refractivity contribution in [3.63, 3.8) is 0 Å². The van der Waals surface area contributed by atoms with Gasteiger partial charge in [-0.15, -0.1) is 0 Å². The number of carbonyl (C=O) groups is 2.